The molecule has 2 N–H and O–H groups in total. The number of hydrogen-bond acceptors (Lipinski definition) is 2. The van der Waals surface area contributed by atoms with Gasteiger partial charge in [-0.25, -0.2) is 0 Å². The zero-order chi connectivity index (χ0) is 15.9. The highest BCUT2D eigenvalue weighted by molar-refractivity contribution is 6.36. The van der Waals surface area contributed by atoms with Crippen LogP contribution in [-0.4, -0.2) is 24.4 Å². The number of rotatable bonds is 4. The summed E-state index contributed by atoms with van der Waals surface area (Å²) >= 11 is 11.8. The molecule has 1 aliphatic carbocycles. The molecule has 6 heteroatoms. The predicted octanol–water partition coefficient (Wildman–Crippen LogP) is 3.56. The van der Waals surface area contributed by atoms with Crippen molar-refractivity contribution in [1.82, 2.24) is 10.6 Å². The van der Waals surface area contributed by atoms with E-state index >= 15 is 0 Å². The van der Waals surface area contributed by atoms with E-state index in [9.17, 15) is 9.59 Å². The molecule has 0 spiro atoms. The zero-order valence-electron chi connectivity index (χ0n) is 12.3. The van der Waals surface area contributed by atoms with Gasteiger partial charge in [-0.2, -0.15) is 0 Å². The average molecular weight is 343 g/mol. The second-order valence-electron chi connectivity index (χ2n) is 5.56. The number of hydrogen-bond donors (Lipinski definition) is 2. The third-order valence-electron chi connectivity index (χ3n) is 3.81. The molecule has 1 aliphatic rings. The van der Waals surface area contributed by atoms with Crippen molar-refractivity contribution in [3.05, 3.63) is 33.8 Å². The van der Waals surface area contributed by atoms with E-state index in [1.165, 1.54) is 18.9 Å². The molecule has 22 heavy (non-hydrogen) atoms. The maximum absolute atomic E-state index is 12.0. The lowest BCUT2D eigenvalue weighted by Crippen LogP contribution is -2.41. The Morgan fingerprint density at radius 2 is 1.77 bits per heavy atom. The van der Waals surface area contributed by atoms with Crippen LogP contribution in [0.5, 0.6) is 0 Å². The van der Waals surface area contributed by atoms with Crippen molar-refractivity contribution in [3.63, 3.8) is 0 Å². The van der Waals surface area contributed by atoms with Gasteiger partial charge in [0.2, 0.25) is 5.91 Å². The Labute approximate surface area is 140 Å². The third-order valence-corrected chi connectivity index (χ3v) is 4.35. The molecule has 0 saturated heterocycles. The summed E-state index contributed by atoms with van der Waals surface area (Å²) in [6.45, 7) is -0.0473. The van der Waals surface area contributed by atoms with Crippen LogP contribution >= 0.6 is 23.2 Å². The molecule has 1 fully saturated rings. The average Bonchev–Trinajstić information content (AvgIpc) is 2.73. The van der Waals surface area contributed by atoms with Crippen LogP contribution in [0.3, 0.4) is 0 Å². The van der Waals surface area contributed by atoms with Crippen molar-refractivity contribution in [1.29, 1.82) is 0 Å². The topological polar surface area (TPSA) is 58.2 Å². The van der Waals surface area contributed by atoms with Crippen molar-refractivity contribution >= 4 is 35.0 Å². The summed E-state index contributed by atoms with van der Waals surface area (Å²) in [7, 11) is 0. The van der Waals surface area contributed by atoms with Crippen LogP contribution in [0.15, 0.2) is 18.2 Å². The SMILES string of the molecule is O=C(CNC(=O)c1ccc(Cl)cc1Cl)NC1CCCCCC1. The molecule has 4 nitrogen and oxygen atoms in total. The molecule has 0 aromatic heterocycles. The van der Waals surface area contributed by atoms with Gasteiger partial charge in [0.15, 0.2) is 0 Å². The number of carbonyl (C=O) groups excluding carboxylic acids is 2. The number of carbonyl (C=O) groups is 2. The summed E-state index contributed by atoms with van der Waals surface area (Å²) < 4.78 is 0. The lowest BCUT2D eigenvalue weighted by molar-refractivity contribution is -0.120. The Kier molecular flexibility index (Phi) is 6.52. The summed E-state index contributed by atoms with van der Waals surface area (Å²) in [5.41, 5.74) is 0.313. The van der Waals surface area contributed by atoms with Crippen molar-refractivity contribution in [3.8, 4) is 0 Å². The van der Waals surface area contributed by atoms with Crippen LogP contribution in [0.2, 0.25) is 10.0 Å². The number of nitrogens with one attached hydrogen (secondary N) is 2. The van der Waals surface area contributed by atoms with Crippen molar-refractivity contribution in [2.45, 2.75) is 44.6 Å². The minimum atomic E-state index is -0.377. The number of amides is 2. The maximum Gasteiger partial charge on any atom is 0.253 e. The van der Waals surface area contributed by atoms with Gasteiger partial charge in [-0.15, -0.1) is 0 Å². The second kappa shape index (κ2) is 8.39. The van der Waals surface area contributed by atoms with Crippen LogP contribution < -0.4 is 10.6 Å². The monoisotopic (exact) mass is 342 g/mol. The lowest BCUT2D eigenvalue weighted by atomic mass is 10.1. The summed E-state index contributed by atoms with van der Waals surface area (Å²) in [6.07, 6.45) is 6.80. The highest BCUT2D eigenvalue weighted by Gasteiger charge is 2.16. The molecule has 1 aromatic carbocycles. The molecule has 0 unspecified atom stereocenters. The molecule has 1 aromatic rings. The van der Waals surface area contributed by atoms with Gasteiger partial charge in [-0.1, -0.05) is 48.9 Å². The summed E-state index contributed by atoms with van der Waals surface area (Å²) in [5.74, 6) is -0.539. The van der Waals surface area contributed by atoms with Gasteiger partial charge < -0.3 is 10.6 Å². The highest BCUT2D eigenvalue weighted by atomic mass is 35.5. The fourth-order valence-corrected chi connectivity index (χ4v) is 3.13. The minimum Gasteiger partial charge on any atom is -0.352 e. The molecule has 0 bridgehead atoms. The Balaban J connectivity index is 1.81. The van der Waals surface area contributed by atoms with Crippen molar-refractivity contribution < 1.29 is 9.59 Å². The largest absolute Gasteiger partial charge is 0.352 e. The van der Waals surface area contributed by atoms with E-state index in [4.69, 9.17) is 23.2 Å². The van der Waals surface area contributed by atoms with Crippen LogP contribution in [-0.2, 0) is 4.79 Å². The first-order valence-electron chi connectivity index (χ1n) is 7.59. The fourth-order valence-electron chi connectivity index (χ4n) is 2.63. The smallest absolute Gasteiger partial charge is 0.253 e. The standard InChI is InChI=1S/C16H20Cl2N2O2/c17-11-7-8-13(14(18)9-11)16(22)19-10-15(21)20-12-5-3-1-2-4-6-12/h7-9,12H,1-6,10H2,(H,19,22)(H,20,21). The molecule has 120 valence electrons. The Morgan fingerprint density at radius 1 is 1.09 bits per heavy atom. The quantitative estimate of drug-likeness (QED) is 0.822. The predicted molar refractivity (Wildman–Crippen MR) is 88.4 cm³/mol. The van der Waals surface area contributed by atoms with E-state index in [-0.39, 0.29) is 29.4 Å². The van der Waals surface area contributed by atoms with Gasteiger partial charge in [0.1, 0.15) is 0 Å². The van der Waals surface area contributed by atoms with Gasteiger partial charge >= 0.3 is 0 Å². The van der Waals surface area contributed by atoms with E-state index in [2.05, 4.69) is 10.6 Å². The van der Waals surface area contributed by atoms with Crippen LogP contribution in [0, 0.1) is 0 Å². The van der Waals surface area contributed by atoms with E-state index in [0.717, 1.165) is 25.7 Å². The third kappa shape index (κ3) is 5.18. The molecule has 2 amide bonds. The lowest BCUT2D eigenvalue weighted by Gasteiger charge is -2.16. The molecular weight excluding hydrogens is 323 g/mol. The molecule has 2 rings (SSSR count). The summed E-state index contributed by atoms with van der Waals surface area (Å²) in [5, 5.41) is 6.31. The number of halogens is 2. The first kappa shape index (κ1) is 17.1. The van der Waals surface area contributed by atoms with Gasteiger partial charge in [-0.05, 0) is 31.0 Å². The first-order chi connectivity index (χ1) is 10.6. The van der Waals surface area contributed by atoms with Gasteiger partial charge in [-0.3, -0.25) is 9.59 Å². The van der Waals surface area contributed by atoms with Crippen molar-refractivity contribution in [2.24, 2.45) is 0 Å². The van der Waals surface area contributed by atoms with Crippen LogP contribution in [0.4, 0.5) is 0 Å². The molecule has 1 saturated carbocycles. The van der Waals surface area contributed by atoms with E-state index < -0.39 is 0 Å². The fraction of sp³-hybridized carbons (Fsp3) is 0.500. The second-order valence-corrected chi connectivity index (χ2v) is 6.41. The normalized spacial score (nSPS) is 15.9. The zero-order valence-corrected chi connectivity index (χ0v) is 13.8. The summed E-state index contributed by atoms with van der Waals surface area (Å²) in [4.78, 5) is 23.9. The summed E-state index contributed by atoms with van der Waals surface area (Å²) in [6, 6.07) is 4.87. The molecular formula is C16H20Cl2N2O2. The Morgan fingerprint density at radius 3 is 2.41 bits per heavy atom. The molecule has 0 radical (unpaired) electrons. The minimum absolute atomic E-state index is 0.0473. The highest BCUT2D eigenvalue weighted by Crippen LogP contribution is 2.20. The van der Waals surface area contributed by atoms with E-state index in [1.54, 1.807) is 12.1 Å². The van der Waals surface area contributed by atoms with Gasteiger partial charge in [0, 0.05) is 11.1 Å². The van der Waals surface area contributed by atoms with Gasteiger partial charge in [0.05, 0.1) is 17.1 Å². The Bertz CT molecular complexity index is 541. The van der Waals surface area contributed by atoms with Crippen LogP contribution in [0.1, 0.15) is 48.9 Å². The van der Waals surface area contributed by atoms with E-state index in [0.29, 0.717) is 10.6 Å². The van der Waals surface area contributed by atoms with Crippen LogP contribution in [0.25, 0.3) is 0 Å². The van der Waals surface area contributed by atoms with E-state index in [1.807, 2.05) is 0 Å². The first-order valence-corrected chi connectivity index (χ1v) is 8.34. The maximum atomic E-state index is 12.0. The Hall–Kier alpha value is -1.26. The molecule has 0 heterocycles. The van der Waals surface area contributed by atoms with Crippen molar-refractivity contribution in [2.75, 3.05) is 6.54 Å². The number of benzene rings is 1. The van der Waals surface area contributed by atoms with Gasteiger partial charge in [0.25, 0.3) is 5.91 Å². The molecule has 0 aliphatic heterocycles. The molecule has 0 atom stereocenters.